The highest BCUT2D eigenvalue weighted by Crippen LogP contribution is 2.45. The molecule has 0 aromatic carbocycles. The minimum absolute atomic E-state index is 0.0312. The largest absolute Gasteiger partial charge is 0.488 e. The molecule has 1 aromatic rings. The third kappa shape index (κ3) is 2.54. The Bertz CT molecular complexity index is 549. The van der Waals surface area contributed by atoms with Crippen LogP contribution in [-0.4, -0.2) is 51.6 Å². The topological polar surface area (TPSA) is 62.7 Å². The Morgan fingerprint density at radius 3 is 2.68 bits per heavy atom. The van der Waals surface area contributed by atoms with Crippen molar-refractivity contribution in [2.45, 2.75) is 43.3 Å². The Labute approximate surface area is 126 Å². The fraction of sp³-hybridized carbons (Fsp3) is 0.600. The van der Waals surface area contributed by atoms with Crippen LogP contribution in [0, 0.1) is 0 Å². The van der Waals surface area contributed by atoms with Crippen molar-refractivity contribution in [1.82, 2.24) is 9.88 Å². The first-order valence-electron chi connectivity index (χ1n) is 7.39. The monoisotopic (exact) mass is 312 g/mol. The van der Waals surface area contributed by atoms with E-state index in [1.165, 1.54) is 0 Å². The van der Waals surface area contributed by atoms with Crippen LogP contribution in [-0.2, 0) is 4.79 Å². The summed E-state index contributed by atoms with van der Waals surface area (Å²) < 4.78 is 34.0. The molecule has 1 atom stereocenters. The second-order valence-corrected chi connectivity index (χ2v) is 5.92. The number of hydrogen-bond acceptors (Lipinski definition) is 4. The van der Waals surface area contributed by atoms with Crippen LogP contribution in [0.15, 0.2) is 24.5 Å². The van der Waals surface area contributed by atoms with E-state index >= 15 is 0 Å². The SMILES string of the molecule is O=C(N1CCC(Oc2ccncc2)C1)C(F)(F)C1(O)CCC1. The second-order valence-electron chi connectivity index (χ2n) is 5.92. The average Bonchev–Trinajstić information content (AvgIpc) is 2.93. The van der Waals surface area contributed by atoms with Gasteiger partial charge in [0.2, 0.25) is 0 Å². The van der Waals surface area contributed by atoms with Crippen LogP contribution in [0.3, 0.4) is 0 Å². The second kappa shape index (κ2) is 5.46. The Morgan fingerprint density at radius 1 is 1.41 bits per heavy atom. The fourth-order valence-corrected chi connectivity index (χ4v) is 2.84. The molecule has 2 fully saturated rings. The number of nitrogens with zero attached hydrogens (tertiary/aromatic N) is 2. The zero-order valence-electron chi connectivity index (χ0n) is 12.0. The molecule has 5 nitrogen and oxygen atoms in total. The van der Waals surface area contributed by atoms with Gasteiger partial charge < -0.3 is 14.7 Å². The lowest BCUT2D eigenvalue weighted by Crippen LogP contribution is -2.61. The average molecular weight is 312 g/mol. The molecular weight excluding hydrogens is 294 g/mol. The molecule has 0 bridgehead atoms. The number of likely N-dealkylation sites (tertiary alicyclic amines) is 1. The van der Waals surface area contributed by atoms with Crippen LogP contribution < -0.4 is 4.74 Å². The first kappa shape index (κ1) is 15.1. The summed E-state index contributed by atoms with van der Waals surface area (Å²) in [4.78, 5) is 17.0. The van der Waals surface area contributed by atoms with Crippen LogP contribution in [0.2, 0.25) is 0 Å². The van der Waals surface area contributed by atoms with Gasteiger partial charge in [-0.1, -0.05) is 0 Å². The van der Waals surface area contributed by atoms with E-state index in [0.29, 0.717) is 18.6 Å². The van der Waals surface area contributed by atoms with Crippen LogP contribution in [0.25, 0.3) is 0 Å². The van der Waals surface area contributed by atoms with Crippen LogP contribution in [0.4, 0.5) is 8.78 Å². The van der Waals surface area contributed by atoms with Crippen molar-refractivity contribution < 1.29 is 23.4 Å². The maximum Gasteiger partial charge on any atom is 0.352 e. The van der Waals surface area contributed by atoms with Crippen LogP contribution in [0.1, 0.15) is 25.7 Å². The number of ether oxygens (including phenoxy) is 1. The molecular formula is C15H18F2N2O3. The molecule has 22 heavy (non-hydrogen) atoms. The van der Waals surface area contributed by atoms with Gasteiger partial charge in [0.15, 0.2) is 0 Å². The molecule has 0 spiro atoms. The number of hydrogen-bond donors (Lipinski definition) is 1. The fourth-order valence-electron chi connectivity index (χ4n) is 2.84. The molecule has 1 aromatic heterocycles. The quantitative estimate of drug-likeness (QED) is 0.917. The predicted octanol–water partition coefficient (Wildman–Crippen LogP) is 1.61. The smallest absolute Gasteiger partial charge is 0.352 e. The molecule has 1 saturated carbocycles. The zero-order valence-corrected chi connectivity index (χ0v) is 12.0. The molecule has 7 heteroatoms. The molecule has 1 aliphatic heterocycles. The summed E-state index contributed by atoms with van der Waals surface area (Å²) in [5.74, 6) is -4.43. The highest BCUT2D eigenvalue weighted by molar-refractivity contribution is 5.85. The maximum absolute atomic E-state index is 14.2. The maximum atomic E-state index is 14.2. The number of aliphatic hydroxyl groups is 1. The number of carbonyl (C=O) groups is 1. The number of amides is 1. The standard InChI is InChI=1S/C15H18F2N2O3/c16-15(17,14(21)5-1-6-14)13(20)19-9-4-12(10-19)22-11-2-7-18-8-3-11/h2-3,7-8,12,21H,1,4-6,9-10H2. The van der Waals surface area contributed by atoms with Crippen LogP contribution in [0.5, 0.6) is 5.75 Å². The third-order valence-corrected chi connectivity index (χ3v) is 4.42. The summed E-state index contributed by atoms with van der Waals surface area (Å²) in [6, 6.07) is 3.35. The summed E-state index contributed by atoms with van der Waals surface area (Å²) in [6.45, 7) is 0.313. The van der Waals surface area contributed by atoms with Gasteiger partial charge >= 0.3 is 5.92 Å². The molecule has 1 unspecified atom stereocenters. The number of alkyl halides is 2. The number of rotatable bonds is 4. The van der Waals surface area contributed by atoms with E-state index in [1.54, 1.807) is 24.5 Å². The number of aromatic nitrogens is 1. The number of halogens is 2. The number of carbonyl (C=O) groups excluding carboxylic acids is 1. The van der Waals surface area contributed by atoms with E-state index in [-0.39, 0.29) is 32.0 Å². The van der Waals surface area contributed by atoms with Crippen molar-refractivity contribution in [3.63, 3.8) is 0 Å². The van der Waals surface area contributed by atoms with E-state index in [2.05, 4.69) is 4.98 Å². The van der Waals surface area contributed by atoms with E-state index in [0.717, 1.165) is 4.90 Å². The zero-order chi connectivity index (χ0) is 15.8. The molecule has 1 amide bonds. The van der Waals surface area contributed by atoms with Crippen molar-refractivity contribution in [2.24, 2.45) is 0 Å². The summed E-state index contributed by atoms with van der Waals surface area (Å²) >= 11 is 0. The van der Waals surface area contributed by atoms with Gasteiger partial charge in [-0.2, -0.15) is 8.78 Å². The molecule has 0 radical (unpaired) electrons. The minimum Gasteiger partial charge on any atom is -0.488 e. The predicted molar refractivity (Wildman–Crippen MR) is 73.6 cm³/mol. The summed E-state index contributed by atoms with van der Waals surface area (Å²) in [7, 11) is 0. The third-order valence-electron chi connectivity index (χ3n) is 4.42. The summed E-state index contributed by atoms with van der Waals surface area (Å²) in [6.07, 6.45) is 3.78. The Hall–Kier alpha value is -1.76. The van der Waals surface area contributed by atoms with Gasteiger partial charge in [0, 0.05) is 25.4 Å². The first-order valence-corrected chi connectivity index (χ1v) is 7.39. The van der Waals surface area contributed by atoms with Gasteiger partial charge in [0.05, 0.1) is 6.54 Å². The highest BCUT2D eigenvalue weighted by atomic mass is 19.3. The Kier molecular flexibility index (Phi) is 3.76. The van der Waals surface area contributed by atoms with Gasteiger partial charge in [-0.05, 0) is 31.4 Å². The minimum atomic E-state index is -3.73. The van der Waals surface area contributed by atoms with Gasteiger partial charge in [0.1, 0.15) is 17.5 Å². The Morgan fingerprint density at radius 2 is 2.09 bits per heavy atom. The van der Waals surface area contributed by atoms with Crippen molar-refractivity contribution in [3.8, 4) is 5.75 Å². The van der Waals surface area contributed by atoms with E-state index < -0.39 is 17.4 Å². The summed E-state index contributed by atoms with van der Waals surface area (Å²) in [5, 5.41) is 9.83. The van der Waals surface area contributed by atoms with Crippen molar-refractivity contribution in [2.75, 3.05) is 13.1 Å². The molecule has 120 valence electrons. The number of pyridine rings is 1. The highest BCUT2D eigenvalue weighted by Gasteiger charge is 2.62. The van der Waals surface area contributed by atoms with Gasteiger partial charge in [-0.3, -0.25) is 9.78 Å². The molecule has 2 aliphatic rings. The van der Waals surface area contributed by atoms with Gasteiger partial charge in [-0.15, -0.1) is 0 Å². The van der Waals surface area contributed by atoms with Gasteiger partial charge in [0.25, 0.3) is 5.91 Å². The lowest BCUT2D eigenvalue weighted by molar-refractivity contribution is -0.222. The van der Waals surface area contributed by atoms with E-state index in [4.69, 9.17) is 4.74 Å². The molecule has 3 rings (SSSR count). The molecule has 1 N–H and O–H groups in total. The van der Waals surface area contributed by atoms with Crippen molar-refractivity contribution in [1.29, 1.82) is 0 Å². The van der Waals surface area contributed by atoms with Crippen molar-refractivity contribution in [3.05, 3.63) is 24.5 Å². The summed E-state index contributed by atoms with van der Waals surface area (Å²) in [5.41, 5.74) is -2.17. The normalized spacial score (nSPS) is 24.0. The Balaban J connectivity index is 1.61. The lowest BCUT2D eigenvalue weighted by atomic mass is 9.75. The van der Waals surface area contributed by atoms with Gasteiger partial charge in [-0.25, -0.2) is 0 Å². The molecule has 2 heterocycles. The molecule has 1 saturated heterocycles. The van der Waals surface area contributed by atoms with Crippen LogP contribution >= 0.6 is 0 Å². The van der Waals surface area contributed by atoms with Crippen molar-refractivity contribution >= 4 is 5.91 Å². The van der Waals surface area contributed by atoms with E-state index in [1.807, 2.05) is 0 Å². The molecule has 1 aliphatic carbocycles. The first-order chi connectivity index (χ1) is 10.4. The lowest BCUT2D eigenvalue weighted by Gasteiger charge is -2.42. The van der Waals surface area contributed by atoms with E-state index in [9.17, 15) is 18.7 Å².